The van der Waals surface area contributed by atoms with Crippen molar-refractivity contribution in [2.24, 2.45) is 0 Å². The van der Waals surface area contributed by atoms with E-state index in [-0.39, 0.29) is 22.1 Å². The second-order valence-electron chi connectivity index (χ2n) is 9.33. The molecule has 0 unspecified atom stereocenters. The molecule has 206 valence electrons. The summed E-state index contributed by atoms with van der Waals surface area (Å²) in [6, 6.07) is 17.9. The van der Waals surface area contributed by atoms with Gasteiger partial charge in [0.05, 0.1) is 28.7 Å². The van der Waals surface area contributed by atoms with Gasteiger partial charge in [-0.2, -0.15) is 4.31 Å². The van der Waals surface area contributed by atoms with E-state index in [0.29, 0.717) is 62.1 Å². The smallest absolute Gasteiger partial charge is 0.264 e. The van der Waals surface area contributed by atoms with Gasteiger partial charge in [0.1, 0.15) is 0 Å². The minimum Gasteiger partial charge on any atom is -0.379 e. The highest BCUT2D eigenvalue weighted by Crippen LogP contribution is 2.35. The molecular weight excluding hydrogens is 562 g/mol. The number of anilines is 2. The zero-order valence-electron chi connectivity index (χ0n) is 21.0. The molecule has 12 heteroatoms. The zero-order chi connectivity index (χ0) is 27.6. The average molecular weight is 590 g/mol. The molecule has 2 heterocycles. The lowest BCUT2D eigenvalue weighted by Gasteiger charge is -2.26. The molecule has 0 spiro atoms. The van der Waals surface area contributed by atoms with E-state index in [4.69, 9.17) is 16.3 Å². The summed E-state index contributed by atoms with van der Waals surface area (Å²) in [4.78, 5) is 13.0. The highest BCUT2D eigenvalue weighted by Gasteiger charge is 2.31. The van der Waals surface area contributed by atoms with Crippen LogP contribution in [0.2, 0.25) is 5.02 Å². The molecule has 0 bridgehead atoms. The first-order chi connectivity index (χ1) is 18.6. The van der Waals surface area contributed by atoms with Crippen LogP contribution in [0.1, 0.15) is 17.5 Å². The molecule has 3 aromatic carbocycles. The third-order valence-corrected chi connectivity index (χ3v) is 10.8. The van der Waals surface area contributed by atoms with E-state index >= 15 is 0 Å². The Balaban J connectivity index is 1.21. The van der Waals surface area contributed by atoms with Crippen molar-refractivity contribution in [2.75, 3.05) is 42.5 Å². The number of nitrogens with one attached hydrogen (secondary N) is 1. The van der Waals surface area contributed by atoms with Crippen molar-refractivity contribution in [1.29, 1.82) is 0 Å². The summed E-state index contributed by atoms with van der Waals surface area (Å²) in [7, 11) is -7.34. The molecule has 0 saturated carbocycles. The summed E-state index contributed by atoms with van der Waals surface area (Å²) in [6.45, 7) is 1.74. The molecule has 1 N–H and O–H groups in total. The third kappa shape index (κ3) is 5.97. The number of sulfonamides is 2. The van der Waals surface area contributed by atoms with Gasteiger partial charge in [-0.15, -0.1) is 0 Å². The Kier molecular flexibility index (Phi) is 7.97. The molecule has 1 saturated heterocycles. The summed E-state index contributed by atoms with van der Waals surface area (Å²) < 4.78 is 60.0. The monoisotopic (exact) mass is 589 g/mol. The van der Waals surface area contributed by atoms with Crippen LogP contribution in [0.15, 0.2) is 76.5 Å². The lowest BCUT2D eigenvalue weighted by molar-refractivity contribution is -0.116. The van der Waals surface area contributed by atoms with Gasteiger partial charge in [0.2, 0.25) is 15.9 Å². The van der Waals surface area contributed by atoms with E-state index in [1.54, 1.807) is 48.5 Å². The van der Waals surface area contributed by atoms with Gasteiger partial charge < -0.3 is 10.1 Å². The van der Waals surface area contributed by atoms with Gasteiger partial charge in [0, 0.05) is 36.8 Å². The normalized spacial score (nSPS) is 16.2. The van der Waals surface area contributed by atoms with Gasteiger partial charge in [-0.1, -0.05) is 29.8 Å². The molecule has 0 radical (unpaired) electrons. The van der Waals surface area contributed by atoms with Crippen molar-refractivity contribution in [3.05, 3.63) is 82.9 Å². The Morgan fingerprint density at radius 3 is 2.18 bits per heavy atom. The zero-order valence-corrected chi connectivity index (χ0v) is 23.4. The quantitative estimate of drug-likeness (QED) is 0.429. The van der Waals surface area contributed by atoms with Crippen molar-refractivity contribution in [3.8, 4) is 0 Å². The molecule has 2 aliphatic rings. The van der Waals surface area contributed by atoms with E-state index in [1.807, 2.05) is 6.07 Å². The van der Waals surface area contributed by atoms with Crippen LogP contribution in [0, 0.1) is 0 Å². The standard InChI is InChI=1S/C27H28ClN3O6S2/c28-22-5-10-25(11-6-22)39(35,36)31-14-13-21-4-7-23(19-26(21)31)29-27(32)12-3-20-1-8-24(9-2-20)38(33,34)30-15-17-37-18-16-30/h1-2,4-11,19H,3,12-18H2,(H,29,32). The molecule has 0 aliphatic carbocycles. The topological polar surface area (TPSA) is 113 Å². The number of ether oxygens (including phenoxy) is 1. The number of hydrogen-bond acceptors (Lipinski definition) is 6. The van der Waals surface area contributed by atoms with Crippen molar-refractivity contribution >= 4 is 48.9 Å². The summed E-state index contributed by atoms with van der Waals surface area (Å²) in [6.07, 6.45) is 1.18. The second kappa shape index (κ2) is 11.3. The first-order valence-corrected chi connectivity index (χ1v) is 15.8. The fourth-order valence-corrected chi connectivity index (χ4v) is 7.69. The highest BCUT2D eigenvalue weighted by molar-refractivity contribution is 7.92. The molecule has 9 nitrogen and oxygen atoms in total. The maximum Gasteiger partial charge on any atom is 0.264 e. The molecule has 5 rings (SSSR count). The molecule has 1 amide bonds. The van der Waals surface area contributed by atoms with Gasteiger partial charge in [0.25, 0.3) is 10.0 Å². The fraction of sp³-hybridized carbons (Fsp3) is 0.296. The molecule has 0 atom stereocenters. The number of aryl methyl sites for hydroxylation is 1. The van der Waals surface area contributed by atoms with E-state index in [2.05, 4.69) is 5.32 Å². The highest BCUT2D eigenvalue weighted by atomic mass is 35.5. The van der Waals surface area contributed by atoms with Crippen LogP contribution >= 0.6 is 11.6 Å². The summed E-state index contributed by atoms with van der Waals surface area (Å²) in [5.74, 6) is -0.231. The van der Waals surface area contributed by atoms with E-state index < -0.39 is 20.0 Å². The molecular formula is C27H28ClN3O6S2. The predicted molar refractivity (Wildman–Crippen MR) is 149 cm³/mol. The lowest BCUT2D eigenvalue weighted by Crippen LogP contribution is -2.40. The van der Waals surface area contributed by atoms with Gasteiger partial charge in [-0.3, -0.25) is 9.10 Å². The molecule has 1 fully saturated rings. The maximum absolute atomic E-state index is 13.2. The van der Waals surface area contributed by atoms with Crippen LogP contribution < -0.4 is 9.62 Å². The second-order valence-corrected chi connectivity index (χ2v) is 13.6. The van der Waals surface area contributed by atoms with Crippen LogP contribution in [0.5, 0.6) is 0 Å². The minimum absolute atomic E-state index is 0.151. The first kappa shape index (κ1) is 27.6. The number of carbonyl (C=O) groups is 1. The van der Waals surface area contributed by atoms with Crippen LogP contribution in [0.3, 0.4) is 0 Å². The van der Waals surface area contributed by atoms with E-state index in [1.165, 1.54) is 20.7 Å². The molecule has 0 aromatic heterocycles. The number of nitrogens with zero attached hydrogens (tertiary/aromatic N) is 2. The molecule has 3 aromatic rings. The number of carbonyl (C=O) groups excluding carboxylic acids is 1. The minimum atomic E-state index is -3.77. The fourth-order valence-electron chi connectivity index (χ4n) is 4.66. The number of morpholine rings is 1. The predicted octanol–water partition coefficient (Wildman–Crippen LogP) is 3.68. The largest absolute Gasteiger partial charge is 0.379 e. The van der Waals surface area contributed by atoms with Crippen molar-refractivity contribution < 1.29 is 26.4 Å². The Morgan fingerprint density at radius 1 is 0.846 bits per heavy atom. The average Bonchev–Trinajstić information content (AvgIpc) is 3.37. The lowest BCUT2D eigenvalue weighted by atomic mass is 10.1. The SMILES string of the molecule is O=C(CCc1ccc(S(=O)(=O)N2CCOCC2)cc1)Nc1ccc2c(c1)N(S(=O)(=O)c1ccc(Cl)cc1)CC2. The Hall–Kier alpha value is -2.96. The Labute approximate surface area is 233 Å². The van der Waals surface area contributed by atoms with Crippen LogP contribution in [0.4, 0.5) is 11.4 Å². The van der Waals surface area contributed by atoms with E-state index in [0.717, 1.165) is 11.1 Å². The van der Waals surface area contributed by atoms with Crippen molar-refractivity contribution in [2.45, 2.75) is 29.1 Å². The summed E-state index contributed by atoms with van der Waals surface area (Å²) in [5.41, 5.74) is 2.77. The Morgan fingerprint density at radius 2 is 1.49 bits per heavy atom. The van der Waals surface area contributed by atoms with Crippen LogP contribution in [0.25, 0.3) is 0 Å². The van der Waals surface area contributed by atoms with E-state index in [9.17, 15) is 21.6 Å². The van der Waals surface area contributed by atoms with Gasteiger partial charge in [-0.25, -0.2) is 16.8 Å². The number of hydrogen-bond donors (Lipinski definition) is 1. The molecule has 2 aliphatic heterocycles. The number of rotatable bonds is 8. The van der Waals surface area contributed by atoms with Crippen molar-refractivity contribution in [1.82, 2.24) is 4.31 Å². The number of benzene rings is 3. The molecule has 39 heavy (non-hydrogen) atoms. The maximum atomic E-state index is 13.2. The van der Waals surface area contributed by atoms with Gasteiger partial charge >= 0.3 is 0 Å². The number of fused-ring (bicyclic) bond motifs is 1. The van der Waals surface area contributed by atoms with Gasteiger partial charge in [0.15, 0.2) is 0 Å². The van der Waals surface area contributed by atoms with Crippen molar-refractivity contribution in [3.63, 3.8) is 0 Å². The number of halogens is 1. The van der Waals surface area contributed by atoms with Gasteiger partial charge in [-0.05, 0) is 72.5 Å². The third-order valence-electron chi connectivity index (χ3n) is 6.80. The van der Waals surface area contributed by atoms with Crippen LogP contribution in [-0.2, 0) is 42.4 Å². The summed E-state index contributed by atoms with van der Waals surface area (Å²) >= 11 is 5.91. The van der Waals surface area contributed by atoms with Crippen LogP contribution in [-0.4, -0.2) is 59.9 Å². The number of amides is 1. The summed E-state index contributed by atoms with van der Waals surface area (Å²) in [5, 5.41) is 3.30. The Bertz CT molecular complexity index is 1570. The first-order valence-electron chi connectivity index (χ1n) is 12.5.